The molecule has 0 saturated carbocycles. The largest absolute Gasteiger partial charge is 0.477 e. The molecule has 0 bridgehead atoms. The molecule has 90 valence electrons. The second-order valence-corrected chi connectivity index (χ2v) is 3.75. The molecule has 2 rings (SSSR count). The van der Waals surface area contributed by atoms with Gasteiger partial charge in [-0.05, 0) is 35.9 Å². The molecule has 3 N–H and O–H groups in total. The highest BCUT2D eigenvalue weighted by Gasteiger charge is 2.02. The van der Waals surface area contributed by atoms with Gasteiger partial charge in [0.25, 0.3) is 0 Å². The van der Waals surface area contributed by atoms with Crippen molar-refractivity contribution in [1.82, 2.24) is 4.98 Å². The molecule has 0 atom stereocenters. The Labute approximate surface area is 104 Å². The van der Waals surface area contributed by atoms with E-state index in [0.29, 0.717) is 11.4 Å². The highest BCUT2D eigenvalue weighted by atomic mass is 16.4. The summed E-state index contributed by atoms with van der Waals surface area (Å²) in [5.74, 6) is -1.03. The van der Waals surface area contributed by atoms with Crippen LogP contribution in [0.15, 0.2) is 42.5 Å². The van der Waals surface area contributed by atoms with E-state index in [0.717, 1.165) is 5.56 Å². The third kappa shape index (κ3) is 2.95. The van der Waals surface area contributed by atoms with Gasteiger partial charge in [-0.3, -0.25) is 0 Å². The summed E-state index contributed by atoms with van der Waals surface area (Å²) in [4.78, 5) is 14.8. The summed E-state index contributed by atoms with van der Waals surface area (Å²) in [6, 6.07) is 12.3. The fraction of sp³-hybridized carbons (Fsp3) is 0. The quantitative estimate of drug-likeness (QED) is 0.808. The van der Waals surface area contributed by atoms with Gasteiger partial charge in [-0.1, -0.05) is 24.3 Å². The van der Waals surface area contributed by atoms with Crippen molar-refractivity contribution in [2.75, 3.05) is 5.73 Å². The Morgan fingerprint density at radius 1 is 1.11 bits per heavy atom. The van der Waals surface area contributed by atoms with Crippen LogP contribution in [0.2, 0.25) is 0 Å². The summed E-state index contributed by atoms with van der Waals surface area (Å²) in [5, 5.41) is 8.82. The first-order valence-electron chi connectivity index (χ1n) is 5.39. The molecule has 4 nitrogen and oxygen atoms in total. The van der Waals surface area contributed by atoms with Crippen molar-refractivity contribution in [3.8, 4) is 0 Å². The molecule has 0 amide bonds. The number of rotatable bonds is 3. The number of hydrogen-bond acceptors (Lipinski definition) is 3. The molecule has 0 spiro atoms. The Hall–Kier alpha value is -2.62. The van der Waals surface area contributed by atoms with E-state index in [1.807, 2.05) is 18.2 Å². The zero-order chi connectivity index (χ0) is 13.0. The van der Waals surface area contributed by atoms with Gasteiger partial charge >= 0.3 is 5.97 Å². The smallest absolute Gasteiger partial charge is 0.354 e. The summed E-state index contributed by atoms with van der Waals surface area (Å²) in [6.45, 7) is 0. The van der Waals surface area contributed by atoms with Crippen LogP contribution in [0.3, 0.4) is 0 Å². The molecule has 0 aliphatic heterocycles. The molecule has 0 aliphatic carbocycles. The summed E-state index contributed by atoms with van der Waals surface area (Å²) in [5.41, 5.74) is 7.91. The van der Waals surface area contributed by atoms with E-state index in [2.05, 4.69) is 4.98 Å². The van der Waals surface area contributed by atoms with Gasteiger partial charge in [0.1, 0.15) is 5.69 Å². The Balaban J connectivity index is 2.20. The van der Waals surface area contributed by atoms with Crippen LogP contribution in [0.5, 0.6) is 0 Å². The molecule has 2 aromatic rings. The number of carbonyl (C=O) groups is 1. The Bertz CT molecular complexity index is 589. The van der Waals surface area contributed by atoms with E-state index in [-0.39, 0.29) is 5.69 Å². The second kappa shape index (κ2) is 5.14. The number of pyridine rings is 1. The average molecular weight is 240 g/mol. The predicted molar refractivity (Wildman–Crippen MR) is 71.0 cm³/mol. The lowest BCUT2D eigenvalue weighted by atomic mass is 10.2. The standard InChI is InChI=1S/C14H12N2O2/c15-11-7-4-10(5-8-11)6-9-12-2-1-3-13(16-12)14(17)18/h1-9H,15H2,(H,17,18)/b9-6+. The second-order valence-electron chi connectivity index (χ2n) is 3.75. The number of benzene rings is 1. The zero-order valence-electron chi connectivity index (χ0n) is 9.58. The van der Waals surface area contributed by atoms with Crippen molar-refractivity contribution in [2.45, 2.75) is 0 Å². The van der Waals surface area contributed by atoms with Crippen molar-refractivity contribution in [2.24, 2.45) is 0 Å². The number of nitrogens with zero attached hydrogens (tertiary/aromatic N) is 1. The van der Waals surface area contributed by atoms with Gasteiger partial charge in [-0.2, -0.15) is 0 Å². The molecule has 1 aromatic heterocycles. The first kappa shape index (κ1) is 11.9. The number of carboxylic acid groups (broad SMARTS) is 1. The molecule has 18 heavy (non-hydrogen) atoms. The maximum Gasteiger partial charge on any atom is 0.354 e. The Kier molecular flexibility index (Phi) is 3.38. The van der Waals surface area contributed by atoms with Crippen LogP contribution in [0.4, 0.5) is 5.69 Å². The number of carboxylic acids is 1. The molecule has 0 aliphatic rings. The van der Waals surface area contributed by atoms with Crippen LogP contribution in [0.1, 0.15) is 21.7 Å². The number of aromatic nitrogens is 1. The van der Waals surface area contributed by atoms with E-state index in [1.165, 1.54) is 6.07 Å². The SMILES string of the molecule is Nc1ccc(/C=C/c2cccc(C(=O)O)n2)cc1. The monoisotopic (exact) mass is 240 g/mol. The van der Waals surface area contributed by atoms with Crippen LogP contribution in [-0.2, 0) is 0 Å². The maximum atomic E-state index is 10.8. The van der Waals surface area contributed by atoms with Gasteiger partial charge in [-0.25, -0.2) is 9.78 Å². The molecule has 0 saturated heterocycles. The van der Waals surface area contributed by atoms with Crippen LogP contribution < -0.4 is 5.73 Å². The van der Waals surface area contributed by atoms with Gasteiger partial charge in [0.05, 0.1) is 5.69 Å². The molecule has 1 heterocycles. The van der Waals surface area contributed by atoms with Gasteiger partial charge in [0.2, 0.25) is 0 Å². The topological polar surface area (TPSA) is 76.2 Å². The third-order valence-corrected chi connectivity index (χ3v) is 2.37. The lowest BCUT2D eigenvalue weighted by Gasteiger charge is -1.97. The van der Waals surface area contributed by atoms with Crippen molar-refractivity contribution in [1.29, 1.82) is 0 Å². The molecule has 4 heteroatoms. The number of aromatic carboxylic acids is 1. The summed E-state index contributed by atoms with van der Waals surface area (Å²) in [7, 11) is 0. The zero-order valence-corrected chi connectivity index (χ0v) is 9.58. The predicted octanol–water partition coefficient (Wildman–Crippen LogP) is 2.53. The van der Waals surface area contributed by atoms with Crippen LogP contribution in [0, 0.1) is 0 Å². The van der Waals surface area contributed by atoms with Crippen LogP contribution in [-0.4, -0.2) is 16.1 Å². The van der Waals surface area contributed by atoms with Crippen molar-refractivity contribution in [3.05, 3.63) is 59.4 Å². The summed E-state index contributed by atoms with van der Waals surface area (Å²) < 4.78 is 0. The van der Waals surface area contributed by atoms with Gasteiger partial charge in [-0.15, -0.1) is 0 Å². The minimum atomic E-state index is -1.03. The molecular formula is C14H12N2O2. The average Bonchev–Trinajstić information content (AvgIpc) is 2.38. The maximum absolute atomic E-state index is 10.8. The normalized spacial score (nSPS) is 10.7. The summed E-state index contributed by atoms with van der Waals surface area (Å²) >= 11 is 0. The van der Waals surface area contributed by atoms with E-state index in [9.17, 15) is 4.79 Å². The molecule has 1 aromatic carbocycles. The number of anilines is 1. The van der Waals surface area contributed by atoms with Crippen LogP contribution in [0.25, 0.3) is 12.2 Å². The fourth-order valence-electron chi connectivity index (χ4n) is 1.45. The van der Waals surface area contributed by atoms with Gasteiger partial charge < -0.3 is 10.8 Å². The van der Waals surface area contributed by atoms with Gasteiger partial charge in [0, 0.05) is 5.69 Å². The number of hydrogen-bond donors (Lipinski definition) is 2. The third-order valence-electron chi connectivity index (χ3n) is 2.37. The van der Waals surface area contributed by atoms with Crippen molar-refractivity contribution in [3.63, 3.8) is 0 Å². The highest BCUT2D eigenvalue weighted by molar-refractivity contribution is 5.85. The number of nitrogen functional groups attached to an aromatic ring is 1. The highest BCUT2D eigenvalue weighted by Crippen LogP contribution is 2.10. The molecule has 0 radical (unpaired) electrons. The minimum Gasteiger partial charge on any atom is -0.477 e. The van der Waals surface area contributed by atoms with E-state index in [4.69, 9.17) is 10.8 Å². The minimum absolute atomic E-state index is 0.0365. The molecule has 0 unspecified atom stereocenters. The lowest BCUT2D eigenvalue weighted by molar-refractivity contribution is 0.0690. The first-order valence-corrected chi connectivity index (χ1v) is 5.39. The van der Waals surface area contributed by atoms with E-state index in [1.54, 1.807) is 30.3 Å². The lowest BCUT2D eigenvalue weighted by Crippen LogP contribution is -2.00. The number of nitrogens with two attached hydrogens (primary N) is 1. The van der Waals surface area contributed by atoms with Crippen LogP contribution >= 0.6 is 0 Å². The van der Waals surface area contributed by atoms with E-state index >= 15 is 0 Å². The first-order chi connectivity index (χ1) is 8.65. The van der Waals surface area contributed by atoms with Crippen molar-refractivity contribution >= 4 is 23.8 Å². The summed E-state index contributed by atoms with van der Waals surface area (Å²) in [6.07, 6.45) is 3.62. The van der Waals surface area contributed by atoms with Crippen molar-refractivity contribution < 1.29 is 9.90 Å². The molecular weight excluding hydrogens is 228 g/mol. The van der Waals surface area contributed by atoms with E-state index < -0.39 is 5.97 Å². The molecule has 0 fully saturated rings. The Morgan fingerprint density at radius 2 is 1.83 bits per heavy atom. The fourth-order valence-corrected chi connectivity index (χ4v) is 1.45. The Morgan fingerprint density at radius 3 is 2.50 bits per heavy atom. The van der Waals surface area contributed by atoms with Gasteiger partial charge in [0.15, 0.2) is 0 Å².